The van der Waals surface area contributed by atoms with Crippen LogP contribution >= 0.6 is 0 Å². The molecule has 2 aliphatic heterocycles. The van der Waals surface area contributed by atoms with E-state index in [2.05, 4.69) is 0 Å². The molecule has 3 aliphatic rings. The normalized spacial score (nSPS) is 27.1. The Morgan fingerprint density at radius 2 is 1.30 bits per heavy atom. The summed E-state index contributed by atoms with van der Waals surface area (Å²) in [4.78, 5) is 41.8. The summed E-state index contributed by atoms with van der Waals surface area (Å²) in [6.45, 7) is 5.88. The topological polar surface area (TPSA) is 70.2 Å². The molecule has 1 saturated carbocycles. The van der Waals surface area contributed by atoms with Crippen LogP contribution in [-0.2, 0) is 14.3 Å². The molecule has 23 heavy (non-hydrogen) atoms. The Balaban J connectivity index is 1.45. The van der Waals surface area contributed by atoms with Crippen LogP contribution in [0.4, 0.5) is 4.79 Å². The molecule has 0 aromatic carbocycles. The Labute approximate surface area is 136 Å². The average Bonchev–Trinajstić information content (AvgIpc) is 3.18. The van der Waals surface area contributed by atoms with Crippen LogP contribution in [0.2, 0.25) is 0 Å². The summed E-state index contributed by atoms with van der Waals surface area (Å²) in [5, 5.41) is 0. The second-order valence-corrected chi connectivity index (χ2v) is 6.49. The second-order valence-electron chi connectivity index (χ2n) is 6.49. The monoisotopic (exact) mass is 323 g/mol. The van der Waals surface area contributed by atoms with Crippen molar-refractivity contribution in [1.29, 1.82) is 0 Å². The van der Waals surface area contributed by atoms with Crippen LogP contribution in [0, 0.1) is 11.8 Å². The number of carbonyl (C=O) groups excluding carboxylic acids is 3. The first-order valence-electron chi connectivity index (χ1n) is 8.61. The summed E-state index contributed by atoms with van der Waals surface area (Å²) in [7, 11) is 0. The van der Waals surface area contributed by atoms with Crippen molar-refractivity contribution in [3.8, 4) is 0 Å². The summed E-state index contributed by atoms with van der Waals surface area (Å²) in [6, 6.07) is 0. The molecule has 0 aromatic heterocycles. The molecule has 1 aliphatic carbocycles. The van der Waals surface area contributed by atoms with Crippen molar-refractivity contribution in [3.63, 3.8) is 0 Å². The standard InChI is InChI=1S/C16H25N3O4/c1-2-23-16(22)19-9-7-18(8-10-19)15(21)13-11-12(13)14(20)17-5-3-4-6-17/h12-13H,2-11H2,1H3. The van der Waals surface area contributed by atoms with Gasteiger partial charge in [-0.2, -0.15) is 0 Å². The molecular weight excluding hydrogens is 298 g/mol. The van der Waals surface area contributed by atoms with Gasteiger partial charge in [0.25, 0.3) is 0 Å². The van der Waals surface area contributed by atoms with Crippen molar-refractivity contribution < 1.29 is 19.1 Å². The van der Waals surface area contributed by atoms with Crippen LogP contribution in [0.1, 0.15) is 26.2 Å². The van der Waals surface area contributed by atoms with E-state index in [1.807, 2.05) is 4.90 Å². The third kappa shape index (κ3) is 3.43. The molecule has 2 atom stereocenters. The van der Waals surface area contributed by atoms with Gasteiger partial charge >= 0.3 is 6.09 Å². The number of rotatable bonds is 3. The highest BCUT2D eigenvalue weighted by Crippen LogP contribution is 2.42. The number of hydrogen-bond acceptors (Lipinski definition) is 4. The quantitative estimate of drug-likeness (QED) is 0.760. The number of piperazine rings is 1. The van der Waals surface area contributed by atoms with Crippen molar-refractivity contribution in [3.05, 3.63) is 0 Å². The number of ether oxygens (including phenoxy) is 1. The molecule has 0 bridgehead atoms. The van der Waals surface area contributed by atoms with Crippen molar-refractivity contribution >= 4 is 17.9 Å². The first-order chi connectivity index (χ1) is 11.1. The van der Waals surface area contributed by atoms with Crippen molar-refractivity contribution in [2.24, 2.45) is 11.8 Å². The van der Waals surface area contributed by atoms with E-state index in [-0.39, 0.29) is 29.7 Å². The molecule has 7 heteroatoms. The summed E-state index contributed by atoms with van der Waals surface area (Å²) in [5.74, 6) is -0.0157. The van der Waals surface area contributed by atoms with Crippen LogP contribution in [0.3, 0.4) is 0 Å². The van der Waals surface area contributed by atoms with Gasteiger partial charge in [-0.15, -0.1) is 0 Å². The molecule has 3 fully saturated rings. The molecule has 2 heterocycles. The predicted molar refractivity (Wildman–Crippen MR) is 82.6 cm³/mol. The van der Waals surface area contributed by atoms with Gasteiger partial charge in [-0.25, -0.2) is 4.79 Å². The van der Waals surface area contributed by atoms with E-state index in [0.717, 1.165) is 25.9 Å². The third-order valence-corrected chi connectivity index (χ3v) is 4.96. The summed E-state index contributed by atoms with van der Waals surface area (Å²) in [5.41, 5.74) is 0. The van der Waals surface area contributed by atoms with Gasteiger partial charge < -0.3 is 19.4 Å². The smallest absolute Gasteiger partial charge is 0.409 e. The van der Waals surface area contributed by atoms with E-state index < -0.39 is 0 Å². The first kappa shape index (κ1) is 16.1. The van der Waals surface area contributed by atoms with Gasteiger partial charge in [0.1, 0.15) is 0 Å². The first-order valence-corrected chi connectivity index (χ1v) is 8.61. The van der Waals surface area contributed by atoms with Crippen molar-refractivity contribution in [2.75, 3.05) is 45.9 Å². The van der Waals surface area contributed by atoms with Gasteiger partial charge in [0.15, 0.2) is 0 Å². The minimum absolute atomic E-state index is 0.0751. The van der Waals surface area contributed by atoms with Crippen LogP contribution < -0.4 is 0 Å². The van der Waals surface area contributed by atoms with Crippen LogP contribution in [-0.4, -0.2) is 78.5 Å². The Kier molecular flexibility index (Phi) is 4.73. The fourth-order valence-electron chi connectivity index (χ4n) is 3.47. The van der Waals surface area contributed by atoms with E-state index in [9.17, 15) is 14.4 Å². The molecular formula is C16H25N3O4. The molecule has 0 spiro atoms. The highest BCUT2D eigenvalue weighted by atomic mass is 16.6. The lowest BCUT2D eigenvalue weighted by molar-refractivity contribution is -0.138. The Morgan fingerprint density at radius 1 is 0.826 bits per heavy atom. The summed E-state index contributed by atoms with van der Waals surface area (Å²) >= 11 is 0. The molecule has 7 nitrogen and oxygen atoms in total. The highest BCUT2D eigenvalue weighted by Gasteiger charge is 2.51. The minimum Gasteiger partial charge on any atom is -0.450 e. The van der Waals surface area contributed by atoms with E-state index in [4.69, 9.17) is 4.74 Å². The maximum Gasteiger partial charge on any atom is 0.409 e. The Morgan fingerprint density at radius 3 is 1.83 bits per heavy atom. The number of amides is 3. The zero-order chi connectivity index (χ0) is 16.4. The van der Waals surface area contributed by atoms with Gasteiger partial charge in [0.2, 0.25) is 11.8 Å². The van der Waals surface area contributed by atoms with Crippen LogP contribution in [0.5, 0.6) is 0 Å². The lowest BCUT2D eigenvalue weighted by Crippen LogP contribution is -2.51. The summed E-state index contributed by atoms with van der Waals surface area (Å²) in [6.07, 6.45) is 2.53. The largest absolute Gasteiger partial charge is 0.450 e. The van der Waals surface area contributed by atoms with Crippen molar-refractivity contribution in [2.45, 2.75) is 26.2 Å². The summed E-state index contributed by atoms with van der Waals surface area (Å²) < 4.78 is 4.98. The molecule has 2 saturated heterocycles. The SMILES string of the molecule is CCOC(=O)N1CCN(C(=O)C2CC2C(=O)N2CCCC2)CC1. The number of hydrogen-bond donors (Lipinski definition) is 0. The lowest BCUT2D eigenvalue weighted by Gasteiger charge is -2.34. The molecule has 0 N–H and O–H groups in total. The van der Waals surface area contributed by atoms with Gasteiger partial charge in [-0.3, -0.25) is 9.59 Å². The van der Waals surface area contributed by atoms with Crippen LogP contribution in [0.15, 0.2) is 0 Å². The highest BCUT2D eigenvalue weighted by molar-refractivity contribution is 5.92. The molecule has 0 radical (unpaired) electrons. The fourth-order valence-corrected chi connectivity index (χ4v) is 3.47. The van der Waals surface area contributed by atoms with Gasteiger partial charge in [0, 0.05) is 39.3 Å². The van der Waals surface area contributed by atoms with E-state index in [0.29, 0.717) is 39.2 Å². The van der Waals surface area contributed by atoms with E-state index in [1.165, 1.54) is 0 Å². The molecule has 2 unspecified atom stereocenters. The molecule has 0 aromatic rings. The Bertz CT molecular complexity index is 482. The fraction of sp³-hybridized carbons (Fsp3) is 0.812. The number of nitrogens with zero attached hydrogens (tertiary/aromatic N) is 3. The zero-order valence-electron chi connectivity index (χ0n) is 13.7. The minimum atomic E-state index is -0.312. The van der Waals surface area contributed by atoms with E-state index in [1.54, 1.807) is 16.7 Å². The Hall–Kier alpha value is -1.79. The molecule has 3 amide bonds. The van der Waals surface area contributed by atoms with Crippen molar-refractivity contribution in [1.82, 2.24) is 14.7 Å². The van der Waals surface area contributed by atoms with E-state index >= 15 is 0 Å². The lowest BCUT2D eigenvalue weighted by atomic mass is 10.2. The third-order valence-electron chi connectivity index (χ3n) is 4.96. The van der Waals surface area contributed by atoms with Gasteiger partial charge in [0.05, 0.1) is 18.4 Å². The van der Waals surface area contributed by atoms with Gasteiger partial charge in [-0.1, -0.05) is 0 Å². The maximum absolute atomic E-state index is 12.5. The predicted octanol–water partition coefficient (Wildman–Crippen LogP) is 0.546. The van der Waals surface area contributed by atoms with Crippen LogP contribution in [0.25, 0.3) is 0 Å². The molecule has 128 valence electrons. The second kappa shape index (κ2) is 6.76. The maximum atomic E-state index is 12.5. The number of likely N-dealkylation sites (tertiary alicyclic amines) is 1. The number of carbonyl (C=O) groups is 3. The zero-order valence-corrected chi connectivity index (χ0v) is 13.7. The average molecular weight is 323 g/mol. The van der Waals surface area contributed by atoms with Gasteiger partial charge in [-0.05, 0) is 26.2 Å². The molecule has 3 rings (SSSR count).